The van der Waals surface area contributed by atoms with Crippen LogP contribution in [0.3, 0.4) is 0 Å². The van der Waals surface area contributed by atoms with Crippen molar-refractivity contribution in [1.29, 1.82) is 0 Å². The lowest BCUT2D eigenvalue weighted by molar-refractivity contribution is -0.384. The Labute approximate surface area is 126 Å². The highest BCUT2D eigenvalue weighted by Crippen LogP contribution is 2.23. The molecule has 0 bridgehead atoms. The van der Waals surface area contributed by atoms with E-state index < -0.39 is 10.3 Å². The monoisotopic (exact) mass is 343 g/mol. The Bertz CT molecular complexity index is 518. The van der Waals surface area contributed by atoms with E-state index in [1.165, 1.54) is 12.1 Å². The van der Waals surface area contributed by atoms with Crippen molar-refractivity contribution < 1.29 is 9.72 Å². The maximum atomic E-state index is 11.6. The Balaban J connectivity index is 2.63. The number of halogens is 1. The van der Waals surface area contributed by atoms with Crippen LogP contribution in [0.2, 0.25) is 0 Å². The summed E-state index contributed by atoms with van der Waals surface area (Å²) in [6, 6.07) is 4.63. The molecule has 0 atom stereocenters. The highest BCUT2D eigenvalue weighted by atomic mass is 79.9. The third kappa shape index (κ3) is 4.28. The van der Waals surface area contributed by atoms with Crippen LogP contribution in [0.15, 0.2) is 22.7 Å². The van der Waals surface area contributed by atoms with Crippen molar-refractivity contribution in [3.05, 3.63) is 38.3 Å². The number of nitrogens with zero attached hydrogens (tertiary/aromatic N) is 1. The minimum atomic E-state index is -0.512. The van der Waals surface area contributed by atoms with Gasteiger partial charge >= 0.3 is 0 Å². The average Bonchev–Trinajstić information content (AvgIpc) is 2.39. The van der Waals surface area contributed by atoms with Crippen molar-refractivity contribution >= 4 is 27.5 Å². The molecule has 0 aromatic heterocycles. The molecular formula is C13H18BrN3O3. The van der Waals surface area contributed by atoms with E-state index in [4.69, 9.17) is 0 Å². The predicted octanol–water partition coefficient (Wildman–Crippen LogP) is 2.22. The molecule has 1 aromatic rings. The first-order valence-corrected chi connectivity index (χ1v) is 6.93. The van der Waals surface area contributed by atoms with E-state index in [1.807, 2.05) is 13.8 Å². The minimum Gasteiger partial charge on any atom is -0.359 e. The number of rotatable bonds is 6. The summed E-state index contributed by atoms with van der Waals surface area (Å²) in [5, 5.41) is 16.5. The van der Waals surface area contributed by atoms with Crippen molar-refractivity contribution in [3.8, 4) is 0 Å². The lowest BCUT2D eigenvalue weighted by atomic mass is 9.92. The molecule has 0 aliphatic heterocycles. The fraction of sp³-hybridized carbons (Fsp3) is 0.462. The summed E-state index contributed by atoms with van der Waals surface area (Å²) in [7, 11) is 1.61. The van der Waals surface area contributed by atoms with Gasteiger partial charge in [-0.3, -0.25) is 14.9 Å². The molecule has 1 amide bonds. The predicted molar refractivity (Wildman–Crippen MR) is 80.4 cm³/mol. The van der Waals surface area contributed by atoms with Crippen LogP contribution in [0.5, 0.6) is 0 Å². The molecule has 0 saturated heterocycles. The molecule has 0 spiro atoms. The molecular weight excluding hydrogens is 326 g/mol. The molecule has 0 unspecified atom stereocenters. The first-order valence-electron chi connectivity index (χ1n) is 6.13. The van der Waals surface area contributed by atoms with E-state index in [9.17, 15) is 14.9 Å². The van der Waals surface area contributed by atoms with Gasteiger partial charge in [0.2, 0.25) is 5.91 Å². The molecule has 2 N–H and O–H groups in total. The van der Waals surface area contributed by atoms with E-state index in [1.54, 1.807) is 13.1 Å². The van der Waals surface area contributed by atoms with Crippen molar-refractivity contribution in [2.45, 2.75) is 20.4 Å². The molecule has 1 rings (SSSR count). The van der Waals surface area contributed by atoms with Gasteiger partial charge in [-0.05, 0) is 25.5 Å². The standard InChI is InChI=1S/C13H18BrN3O3/c1-13(2,12(18)15-3)8-16-7-9-4-5-10(17(19)20)6-11(9)14/h4-6,16H,7-8H2,1-3H3,(H,15,18). The quantitative estimate of drug-likeness (QED) is 0.612. The van der Waals surface area contributed by atoms with E-state index in [0.717, 1.165) is 5.56 Å². The first-order chi connectivity index (χ1) is 9.27. The van der Waals surface area contributed by atoms with Gasteiger partial charge in [-0.1, -0.05) is 15.9 Å². The SMILES string of the molecule is CNC(=O)C(C)(C)CNCc1ccc([N+](=O)[O-])cc1Br. The zero-order valence-electron chi connectivity index (χ0n) is 11.7. The summed E-state index contributed by atoms with van der Waals surface area (Å²) >= 11 is 3.31. The molecule has 6 nitrogen and oxygen atoms in total. The lowest BCUT2D eigenvalue weighted by Gasteiger charge is -2.23. The van der Waals surface area contributed by atoms with Crippen LogP contribution in [0.1, 0.15) is 19.4 Å². The third-order valence-electron chi connectivity index (χ3n) is 2.97. The summed E-state index contributed by atoms with van der Waals surface area (Å²) in [6.07, 6.45) is 0. The molecule has 0 fully saturated rings. The van der Waals surface area contributed by atoms with Crippen LogP contribution in [0.25, 0.3) is 0 Å². The van der Waals surface area contributed by atoms with Crippen molar-refractivity contribution in [1.82, 2.24) is 10.6 Å². The van der Waals surface area contributed by atoms with Gasteiger partial charge < -0.3 is 10.6 Å². The van der Waals surface area contributed by atoms with Crippen LogP contribution in [-0.4, -0.2) is 24.4 Å². The number of benzene rings is 1. The van der Waals surface area contributed by atoms with Gasteiger partial charge in [-0.2, -0.15) is 0 Å². The summed E-state index contributed by atoms with van der Waals surface area (Å²) in [5.41, 5.74) is 0.441. The van der Waals surface area contributed by atoms with Gasteiger partial charge in [-0.25, -0.2) is 0 Å². The summed E-state index contributed by atoms with van der Waals surface area (Å²) in [5.74, 6) is -0.0345. The smallest absolute Gasteiger partial charge is 0.270 e. The van der Waals surface area contributed by atoms with Crippen molar-refractivity contribution in [3.63, 3.8) is 0 Å². The highest BCUT2D eigenvalue weighted by Gasteiger charge is 2.25. The molecule has 0 radical (unpaired) electrons. The van der Waals surface area contributed by atoms with Crippen LogP contribution in [0.4, 0.5) is 5.69 Å². The Morgan fingerprint density at radius 2 is 2.10 bits per heavy atom. The molecule has 1 aromatic carbocycles. The second-order valence-corrected chi connectivity index (χ2v) is 5.95. The normalized spacial score (nSPS) is 11.2. The van der Waals surface area contributed by atoms with Gasteiger partial charge in [0, 0.05) is 36.7 Å². The van der Waals surface area contributed by atoms with E-state index in [0.29, 0.717) is 17.6 Å². The summed E-state index contributed by atoms with van der Waals surface area (Å²) < 4.78 is 0.678. The topological polar surface area (TPSA) is 84.3 Å². The molecule has 0 saturated carbocycles. The maximum absolute atomic E-state index is 11.6. The van der Waals surface area contributed by atoms with Crippen molar-refractivity contribution in [2.75, 3.05) is 13.6 Å². The fourth-order valence-electron chi connectivity index (χ4n) is 1.72. The second kappa shape index (κ2) is 6.81. The average molecular weight is 344 g/mol. The van der Waals surface area contributed by atoms with E-state index >= 15 is 0 Å². The Morgan fingerprint density at radius 3 is 2.60 bits per heavy atom. The Kier molecular flexibility index (Phi) is 5.64. The number of non-ortho nitro benzene ring substituents is 1. The number of amides is 1. The third-order valence-corrected chi connectivity index (χ3v) is 3.71. The van der Waals surface area contributed by atoms with Gasteiger partial charge in [0.15, 0.2) is 0 Å². The van der Waals surface area contributed by atoms with Gasteiger partial charge in [-0.15, -0.1) is 0 Å². The number of carbonyl (C=O) groups is 1. The summed E-state index contributed by atoms with van der Waals surface area (Å²) in [4.78, 5) is 21.8. The number of nitro groups is 1. The van der Waals surface area contributed by atoms with Crippen LogP contribution >= 0.6 is 15.9 Å². The molecule has 0 aliphatic rings. The second-order valence-electron chi connectivity index (χ2n) is 5.10. The number of nitrogens with one attached hydrogen (secondary N) is 2. The summed E-state index contributed by atoms with van der Waals surface area (Å²) in [6.45, 7) is 4.74. The Morgan fingerprint density at radius 1 is 1.45 bits per heavy atom. The van der Waals surface area contributed by atoms with Crippen LogP contribution in [0, 0.1) is 15.5 Å². The molecule has 0 heterocycles. The number of carbonyl (C=O) groups excluding carboxylic acids is 1. The maximum Gasteiger partial charge on any atom is 0.270 e. The number of nitro benzene ring substituents is 1. The largest absolute Gasteiger partial charge is 0.359 e. The zero-order valence-corrected chi connectivity index (χ0v) is 13.3. The minimum absolute atomic E-state index is 0.0345. The van der Waals surface area contributed by atoms with Gasteiger partial charge in [0.25, 0.3) is 5.69 Å². The molecule has 20 heavy (non-hydrogen) atoms. The molecule has 0 aliphatic carbocycles. The fourth-order valence-corrected chi connectivity index (χ4v) is 2.23. The van der Waals surface area contributed by atoms with Crippen molar-refractivity contribution in [2.24, 2.45) is 5.41 Å². The van der Waals surface area contributed by atoms with E-state index in [2.05, 4.69) is 26.6 Å². The van der Waals surface area contributed by atoms with Crippen LogP contribution in [-0.2, 0) is 11.3 Å². The van der Waals surface area contributed by atoms with Gasteiger partial charge in [0.05, 0.1) is 10.3 Å². The first kappa shape index (κ1) is 16.6. The number of hydrogen-bond donors (Lipinski definition) is 2. The zero-order chi connectivity index (χ0) is 15.3. The Hall–Kier alpha value is -1.47. The molecule has 7 heteroatoms. The van der Waals surface area contributed by atoms with Crippen LogP contribution < -0.4 is 10.6 Å². The highest BCUT2D eigenvalue weighted by molar-refractivity contribution is 9.10. The number of hydrogen-bond acceptors (Lipinski definition) is 4. The lowest BCUT2D eigenvalue weighted by Crippen LogP contribution is -2.41. The van der Waals surface area contributed by atoms with E-state index in [-0.39, 0.29) is 11.6 Å². The van der Waals surface area contributed by atoms with Gasteiger partial charge in [0.1, 0.15) is 0 Å². The molecule has 110 valence electrons.